The summed E-state index contributed by atoms with van der Waals surface area (Å²) >= 11 is 0. The molecular formula is C8H14N2O. The molecule has 11 heavy (non-hydrogen) atoms. The van der Waals surface area contributed by atoms with Crippen LogP contribution in [0.5, 0.6) is 5.75 Å². The predicted molar refractivity (Wildman–Crippen MR) is 46.1 cm³/mol. The molecule has 0 atom stereocenters. The molecule has 2 N–H and O–H groups in total. The summed E-state index contributed by atoms with van der Waals surface area (Å²) in [6, 6.07) is 0. The molecule has 1 aromatic rings. The van der Waals surface area contributed by atoms with Crippen LogP contribution in [-0.2, 0) is 0 Å². The van der Waals surface area contributed by atoms with E-state index in [0.717, 1.165) is 24.6 Å². The van der Waals surface area contributed by atoms with Crippen molar-refractivity contribution in [2.24, 2.45) is 0 Å². The van der Waals surface area contributed by atoms with Crippen molar-refractivity contribution in [2.45, 2.75) is 13.8 Å². The summed E-state index contributed by atoms with van der Waals surface area (Å²) in [5, 5.41) is 3.19. The quantitative estimate of drug-likeness (QED) is 0.598. The first-order chi connectivity index (χ1) is 5.47. The van der Waals surface area contributed by atoms with Gasteiger partial charge >= 0.3 is 0 Å². The van der Waals surface area contributed by atoms with Gasteiger partial charge in [0.2, 0.25) is 0 Å². The lowest BCUT2D eigenvalue weighted by Gasteiger charge is -2.13. The fourth-order valence-corrected chi connectivity index (χ4v) is 0.954. The van der Waals surface area contributed by atoms with Gasteiger partial charge in [0.25, 0.3) is 0 Å². The van der Waals surface area contributed by atoms with Crippen LogP contribution in [0.2, 0.25) is 0 Å². The van der Waals surface area contributed by atoms with Gasteiger partial charge in [-0.25, -0.2) is 0 Å². The molecule has 0 saturated heterocycles. The predicted octanol–water partition coefficient (Wildman–Crippen LogP) is 1.85. The lowest BCUT2D eigenvalue weighted by Crippen LogP contribution is -2.16. The monoisotopic (exact) mass is 154 g/mol. The summed E-state index contributed by atoms with van der Waals surface area (Å²) in [6.45, 7) is 5.68. The van der Waals surface area contributed by atoms with E-state index in [2.05, 4.69) is 10.3 Å². The fourth-order valence-electron chi connectivity index (χ4n) is 0.954. The molecule has 0 aromatic carbocycles. The lowest BCUT2D eigenvalue weighted by molar-refractivity contribution is 0.324. The fraction of sp³-hybridized carbons (Fsp3) is 0.500. The minimum Gasteiger partial charge on any atom is -0.488 e. The van der Waals surface area contributed by atoms with Crippen LogP contribution < -0.4 is 10.1 Å². The van der Waals surface area contributed by atoms with Crippen LogP contribution in [-0.4, -0.2) is 18.1 Å². The van der Waals surface area contributed by atoms with Crippen molar-refractivity contribution in [3.63, 3.8) is 0 Å². The average Bonchev–Trinajstić information content (AvgIpc) is 2.55. The molecule has 1 aliphatic heterocycles. The number of anilines is 1. The third-order valence-corrected chi connectivity index (χ3v) is 1.38. The Balaban J connectivity index is 0.000000281. The molecule has 0 fully saturated rings. The van der Waals surface area contributed by atoms with Crippen LogP contribution >= 0.6 is 0 Å². The second-order valence-corrected chi connectivity index (χ2v) is 2.01. The topological polar surface area (TPSA) is 37.0 Å². The number of rotatable bonds is 0. The molecule has 0 bridgehead atoms. The highest BCUT2D eigenvalue weighted by Crippen LogP contribution is 2.25. The van der Waals surface area contributed by atoms with E-state index in [1.54, 1.807) is 0 Å². The second-order valence-electron chi connectivity index (χ2n) is 2.01. The summed E-state index contributed by atoms with van der Waals surface area (Å²) in [4.78, 5) is 2.95. The first-order valence-electron chi connectivity index (χ1n) is 4.00. The van der Waals surface area contributed by atoms with E-state index in [-0.39, 0.29) is 0 Å². The van der Waals surface area contributed by atoms with Crippen LogP contribution in [0.1, 0.15) is 13.8 Å². The van der Waals surface area contributed by atoms with Crippen molar-refractivity contribution < 1.29 is 4.74 Å². The van der Waals surface area contributed by atoms with E-state index in [0.29, 0.717) is 0 Å². The van der Waals surface area contributed by atoms with Gasteiger partial charge < -0.3 is 15.0 Å². The van der Waals surface area contributed by atoms with Crippen molar-refractivity contribution in [3.8, 4) is 5.75 Å². The minimum atomic E-state index is 0.769. The number of ether oxygens (including phenoxy) is 1. The van der Waals surface area contributed by atoms with Crippen molar-refractivity contribution in [1.82, 2.24) is 4.98 Å². The van der Waals surface area contributed by atoms with Crippen molar-refractivity contribution in [3.05, 3.63) is 12.4 Å². The summed E-state index contributed by atoms with van der Waals surface area (Å²) in [5.41, 5.74) is 1.07. The van der Waals surface area contributed by atoms with Crippen molar-refractivity contribution >= 4 is 5.69 Å². The Kier molecular flexibility index (Phi) is 2.83. The Bertz CT molecular complexity index is 187. The highest BCUT2D eigenvalue weighted by atomic mass is 16.5. The Hall–Kier alpha value is -1.12. The minimum absolute atomic E-state index is 0.769. The summed E-state index contributed by atoms with van der Waals surface area (Å²) < 4.78 is 5.27. The normalized spacial score (nSPS) is 13.3. The zero-order valence-electron chi connectivity index (χ0n) is 6.98. The summed E-state index contributed by atoms with van der Waals surface area (Å²) in [7, 11) is 0. The highest BCUT2D eigenvalue weighted by molar-refractivity contribution is 5.55. The lowest BCUT2D eigenvalue weighted by atomic mass is 10.4. The summed E-state index contributed by atoms with van der Waals surface area (Å²) in [6.07, 6.45) is 3.75. The number of fused-ring (bicyclic) bond motifs is 1. The Labute approximate surface area is 66.8 Å². The van der Waals surface area contributed by atoms with Gasteiger partial charge in [-0.15, -0.1) is 0 Å². The van der Waals surface area contributed by atoms with Crippen molar-refractivity contribution in [1.29, 1.82) is 0 Å². The van der Waals surface area contributed by atoms with Gasteiger partial charge in [-0.3, -0.25) is 0 Å². The van der Waals surface area contributed by atoms with Gasteiger partial charge in [0, 0.05) is 18.9 Å². The maximum absolute atomic E-state index is 5.27. The van der Waals surface area contributed by atoms with E-state index < -0.39 is 0 Å². The average molecular weight is 154 g/mol. The van der Waals surface area contributed by atoms with Gasteiger partial charge in [0.1, 0.15) is 6.61 Å². The SMILES string of the molecule is CC.c1[nH]cc2c1NCCO2. The molecule has 0 saturated carbocycles. The Morgan fingerprint density at radius 3 is 2.91 bits per heavy atom. The highest BCUT2D eigenvalue weighted by Gasteiger charge is 2.07. The number of aromatic nitrogens is 1. The van der Waals surface area contributed by atoms with Gasteiger partial charge in [0.15, 0.2) is 5.75 Å². The molecule has 3 heteroatoms. The van der Waals surface area contributed by atoms with Crippen LogP contribution in [0, 0.1) is 0 Å². The van der Waals surface area contributed by atoms with Gasteiger partial charge in [-0.05, 0) is 0 Å². The van der Waals surface area contributed by atoms with E-state index in [1.807, 2.05) is 26.2 Å². The van der Waals surface area contributed by atoms with E-state index in [1.165, 1.54) is 0 Å². The molecule has 3 nitrogen and oxygen atoms in total. The van der Waals surface area contributed by atoms with Gasteiger partial charge in [-0.2, -0.15) is 0 Å². The van der Waals surface area contributed by atoms with E-state index in [9.17, 15) is 0 Å². The molecular weight excluding hydrogens is 140 g/mol. The summed E-state index contributed by atoms with van der Waals surface area (Å²) in [5.74, 6) is 0.932. The third kappa shape index (κ3) is 1.67. The number of nitrogens with one attached hydrogen (secondary N) is 2. The molecule has 0 unspecified atom stereocenters. The zero-order valence-corrected chi connectivity index (χ0v) is 6.98. The molecule has 1 aromatic heterocycles. The molecule has 0 aliphatic carbocycles. The number of H-pyrrole nitrogens is 1. The standard InChI is InChI=1S/C6H8N2O.C2H6/c1-2-9-6-4-7-3-5(6)8-1;1-2/h3-4,7-8H,1-2H2;1-2H3. The first-order valence-corrected chi connectivity index (χ1v) is 4.00. The number of hydrogen-bond donors (Lipinski definition) is 2. The molecule has 0 radical (unpaired) electrons. The molecule has 1 aliphatic rings. The zero-order chi connectivity index (χ0) is 8.10. The maximum atomic E-state index is 5.27. The van der Waals surface area contributed by atoms with Crippen LogP contribution in [0.25, 0.3) is 0 Å². The molecule has 0 spiro atoms. The van der Waals surface area contributed by atoms with E-state index >= 15 is 0 Å². The van der Waals surface area contributed by atoms with Crippen LogP contribution in [0.15, 0.2) is 12.4 Å². The van der Waals surface area contributed by atoms with Crippen molar-refractivity contribution in [2.75, 3.05) is 18.5 Å². The third-order valence-electron chi connectivity index (χ3n) is 1.38. The Morgan fingerprint density at radius 1 is 1.36 bits per heavy atom. The molecule has 62 valence electrons. The van der Waals surface area contributed by atoms with Crippen LogP contribution in [0.3, 0.4) is 0 Å². The first kappa shape index (κ1) is 7.98. The molecule has 2 rings (SSSR count). The van der Waals surface area contributed by atoms with Crippen LogP contribution in [0.4, 0.5) is 5.69 Å². The Morgan fingerprint density at radius 2 is 2.18 bits per heavy atom. The number of aromatic amines is 1. The van der Waals surface area contributed by atoms with Gasteiger partial charge in [0.05, 0.1) is 5.69 Å². The number of hydrogen-bond acceptors (Lipinski definition) is 2. The molecule has 2 heterocycles. The largest absolute Gasteiger partial charge is 0.488 e. The molecule has 0 amide bonds. The second kappa shape index (κ2) is 3.91. The smallest absolute Gasteiger partial charge is 0.159 e. The maximum Gasteiger partial charge on any atom is 0.159 e. The van der Waals surface area contributed by atoms with Gasteiger partial charge in [-0.1, -0.05) is 13.8 Å². The van der Waals surface area contributed by atoms with E-state index in [4.69, 9.17) is 4.74 Å².